The van der Waals surface area contributed by atoms with Gasteiger partial charge in [-0.25, -0.2) is 19.2 Å². The fraction of sp³-hybridized carbons (Fsp3) is 0.344. The van der Waals surface area contributed by atoms with Crippen molar-refractivity contribution in [1.29, 1.82) is 0 Å². The van der Waals surface area contributed by atoms with E-state index in [-0.39, 0.29) is 30.1 Å². The molecule has 5 atom stereocenters. The summed E-state index contributed by atoms with van der Waals surface area (Å²) in [6.07, 6.45) is 4.72. The predicted octanol–water partition coefficient (Wildman–Crippen LogP) is 4.36. The summed E-state index contributed by atoms with van der Waals surface area (Å²) in [6.45, 7) is -0.438. The SMILES string of the molecule is CS(=O)N[C@H]1CCCC[C@@H]1N1C(=O)c2ccccc2[C@@H](C(=O)NOCc2ccc(OCC(=O)O)cc2)[C@@H]1c1ccc(Cl)cc1Cl.O. The van der Waals surface area contributed by atoms with Crippen LogP contribution in [0.1, 0.15) is 64.7 Å². The molecule has 0 spiro atoms. The summed E-state index contributed by atoms with van der Waals surface area (Å²) in [5.74, 6) is -2.31. The normalized spacial score (nSPS) is 21.5. The lowest BCUT2D eigenvalue weighted by atomic mass is 9.76. The summed E-state index contributed by atoms with van der Waals surface area (Å²) in [6, 6.07) is 17.2. The summed E-state index contributed by atoms with van der Waals surface area (Å²) in [5.41, 5.74) is 4.79. The van der Waals surface area contributed by atoms with Crippen LogP contribution in [0.5, 0.6) is 5.75 Å². The van der Waals surface area contributed by atoms with Crippen molar-refractivity contribution in [3.63, 3.8) is 0 Å². The molecule has 246 valence electrons. The number of hydrogen-bond acceptors (Lipinski definition) is 6. The zero-order valence-corrected chi connectivity index (χ0v) is 27.2. The van der Waals surface area contributed by atoms with Crippen molar-refractivity contribution in [3.8, 4) is 5.75 Å². The number of hydroxylamine groups is 1. The molecule has 0 radical (unpaired) electrons. The minimum Gasteiger partial charge on any atom is -0.482 e. The molecule has 2 amide bonds. The molecule has 1 aliphatic heterocycles. The van der Waals surface area contributed by atoms with Crippen molar-refractivity contribution in [2.45, 2.75) is 56.3 Å². The second-order valence-electron chi connectivity index (χ2n) is 11.0. The smallest absolute Gasteiger partial charge is 0.341 e. The zero-order valence-electron chi connectivity index (χ0n) is 24.9. The molecular weight excluding hydrogens is 657 g/mol. The fourth-order valence-electron chi connectivity index (χ4n) is 6.15. The van der Waals surface area contributed by atoms with E-state index in [1.165, 1.54) is 0 Å². The number of amides is 2. The largest absolute Gasteiger partial charge is 0.482 e. The number of hydrogen-bond donors (Lipinski definition) is 3. The first kappa shape index (κ1) is 35.3. The molecule has 5 N–H and O–H groups in total. The molecule has 1 aliphatic carbocycles. The molecule has 11 nitrogen and oxygen atoms in total. The molecule has 1 heterocycles. The number of carboxylic acids is 1. The van der Waals surface area contributed by atoms with Gasteiger partial charge < -0.3 is 20.2 Å². The first-order chi connectivity index (χ1) is 21.6. The molecular formula is C32H35Cl2N3O8S. The molecule has 0 aromatic heterocycles. The van der Waals surface area contributed by atoms with Gasteiger partial charge in [-0.2, -0.15) is 0 Å². The number of benzene rings is 3. The highest BCUT2D eigenvalue weighted by Gasteiger charge is 2.49. The van der Waals surface area contributed by atoms with Crippen LogP contribution >= 0.6 is 23.2 Å². The van der Waals surface area contributed by atoms with E-state index < -0.39 is 41.4 Å². The summed E-state index contributed by atoms with van der Waals surface area (Å²) in [5, 5.41) is 9.53. The van der Waals surface area contributed by atoms with Crippen LogP contribution < -0.4 is 14.9 Å². The van der Waals surface area contributed by atoms with E-state index in [1.54, 1.807) is 77.9 Å². The summed E-state index contributed by atoms with van der Waals surface area (Å²) in [7, 11) is -1.32. The number of carboxylic acid groups (broad SMARTS) is 1. The van der Waals surface area contributed by atoms with Crippen LogP contribution in [-0.2, 0) is 32.0 Å². The lowest BCUT2D eigenvalue weighted by Gasteiger charge is -2.49. The number of nitrogens with one attached hydrogen (secondary N) is 2. The van der Waals surface area contributed by atoms with Gasteiger partial charge >= 0.3 is 5.97 Å². The molecule has 0 bridgehead atoms. The van der Waals surface area contributed by atoms with E-state index in [4.69, 9.17) is 37.9 Å². The van der Waals surface area contributed by atoms with Crippen molar-refractivity contribution in [1.82, 2.24) is 15.1 Å². The maximum Gasteiger partial charge on any atom is 0.341 e. The predicted molar refractivity (Wildman–Crippen MR) is 174 cm³/mol. The summed E-state index contributed by atoms with van der Waals surface area (Å²) >= 11 is 13.0. The Labute approximate surface area is 279 Å². The van der Waals surface area contributed by atoms with Gasteiger partial charge in [-0.15, -0.1) is 0 Å². The number of carbonyl (C=O) groups is 3. The van der Waals surface area contributed by atoms with Gasteiger partial charge in [0.25, 0.3) is 11.8 Å². The second kappa shape index (κ2) is 15.9. The van der Waals surface area contributed by atoms with Crippen molar-refractivity contribution >= 4 is 52.0 Å². The average Bonchev–Trinajstić information content (AvgIpc) is 3.01. The van der Waals surface area contributed by atoms with Gasteiger partial charge in [0.05, 0.1) is 29.6 Å². The summed E-state index contributed by atoms with van der Waals surface area (Å²) < 4.78 is 20.6. The van der Waals surface area contributed by atoms with Gasteiger partial charge in [-0.3, -0.25) is 14.4 Å². The third-order valence-electron chi connectivity index (χ3n) is 8.04. The molecule has 1 unspecified atom stereocenters. The Kier molecular flexibility index (Phi) is 12.2. The van der Waals surface area contributed by atoms with Crippen molar-refractivity contribution in [2.75, 3.05) is 12.9 Å². The Morgan fingerprint density at radius 3 is 2.43 bits per heavy atom. The van der Waals surface area contributed by atoms with Crippen molar-refractivity contribution < 1.29 is 38.7 Å². The Morgan fingerprint density at radius 1 is 1.02 bits per heavy atom. The Bertz CT molecular complexity index is 1590. The van der Waals surface area contributed by atoms with E-state index in [2.05, 4.69) is 10.2 Å². The molecule has 46 heavy (non-hydrogen) atoms. The lowest BCUT2D eigenvalue weighted by Crippen LogP contribution is -2.58. The van der Waals surface area contributed by atoms with E-state index in [9.17, 15) is 18.6 Å². The zero-order chi connectivity index (χ0) is 32.1. The molecule has 0 saturated heterocycles. The van der Waals surface area contributed by atoms with Crippen LogP contribution in [0.2, 0.25) is 10.0 Å². The molecule has 14 heteroatoms. The topological polar surface area (TPSA) is 166 Å². The standard InChI is InChI=1S/C32H33Cl2N3O7S.H2O/c1-45(42)36-26-8-4-5-9-27(26)37-30(24-15-12-20(33)16-25(24)34)29(22-6-2-3-7-23(22)32(37)41)31(40)35-44-17-19-10-13-21(14-11-19)43-18-28(38)39;/h2-3,6-7,10-16,26-27,29-30,36H,4-5,8-9,17-18H2,1H3,(H,35,40)(H,38,39);1H2/t26-,27-,29+,30-,45?;/m0./s1. The van der Waals surface area contributed by atoms with Gasteiger partial charge in [0, 0.05) is 33.9 Å². The first-order valence-corrected chi connectivity index (χ1v) is 16.8. The van der Waals surface area contributed by atoms with Crippen LogP contribution in [-0.4, -0.2) is 62.4 Å². The highest BCUT2D eigenvalue weighted by atomic mass is 35.5. The van der Waals surface area contributed by atoms with E-state index in [0.29, 0.717) is 44.5 Å². The van der Waals surface area contributed by atoms with Gasteiger partial charge in [0.1, 0.15) is 5.75 Å². The monoisotopic (exact) mass is 691 g/mol. The van der Waals surface area contributed by atoms with E-state index in [0.717, 1.165) is 19.3 Å². The number of fused-ring (bicyclic) bond motifs is 1. The second-order valence-corrected chi connectivity index (χ2v) is 13.0. The van der Waals surface area contributed by atoms with Crippen molar-refractivity contribution in [2.24, 2.45) is 0 Å². The summed E-state index contributed by atoms with van der Waals surface area (Å²) in [4.78, 5) is 46.6. The van der Waals surface area contributed by atoms with Crippen molar-refractivity contribution in [3.05, 3.63) is 99.0 Å². The number of carbonyl (C=O) groups excluding carboxylic acids is 2. The Balaban J connectivity index is 0.00000480. The van der Waals surface area contributed by atoms with Crippen LogP contribution in [0.4, 0.5) is 0 Å². The minimum atomic E-state index is -1.32. The average molecular weight is 693 g/mol. The Morgan fingerprint density at radius 2 is 1.74 bits per heavy atom. The minimum absolute atomic E-state index is 0. The maximum atomic E-state index is 14.3. The molecule has 3 aromatic rings. The quantitative estimate of drug-likeness (QED) is 0.251. The number of aliphatic carboxylic acids is 1. The van der Waals surface area contributed by atoms with Gasteiger partial charge in [0.2, 0.25) is 0 Å². The molecule has 5 rings (SSSR count). The van der Waals surface area contributed by atoms with Crippen LogP contribution in [0.25, 0.3) is 0 Å². The number of nitrogens with zero attached hydrogens (tertiary/aromatic N) is 1. The fourth-order valence-corrected chi connectivity index (χ4v) is 7.37. The third-order valence-corrected chi connectivity index (χ3v) is 9.24. The van der Waals surface area contributed by atoms with Crippen LogP contribution in [0, 0.1) is 0 Å². The van der Waals surface area contributed by atoms with E-state index >= 15 is 0 Å². The first-order valence-electron chi connectivity index (χ1n) is 14.5. The van der Waals surface area contributed by atoms with Gasteiger partial charge in [-0.1, -0.05) is 72.4 Å². The number of ether oxygens (including phenoxy) is 1. The third kappa shape index (κ3) is 8.06. The molecule has 1 saturated carbocycles. The van der Waals surface area contributed by atoms with Crippen LogP contribution in [0.15, 0.2) is 66.7 Å². The van der Waals surface area contributed by atoms with Crippen LogP contribution in [0.3, 0.4) is 0 Å². The highest BCUT2D eigenvalue weighted by molar-refractivity contribution is 7.82. The molecule has 1 fully saturated rings. The Hall–Kier alpha value is -3.52. The lowest BCUT2D eigenvalue weighted by molar-refractivity contribution is -0.139. The number of rotatable bonds is 11. The molecule has 2 aliphatic rings. The van der Waals surface area contributed by atoms with Gasteiger partial charge in [-0.05, 0) is 59.9 Å². The van der Waals surface area contributed by atoms with E-state index in [1.807, 2.05) is 0 Å². The maximum absolute atomic E-state index is 14.3. The highest BCUT2D eigenvalue weighted by Crippen LogP contribution is 2.47. The number of halogens is 2. The molecule has 3 aromatic carbocycles. The van der Waals surface area contributed by atoms with Gasteiger partial charge in [0.15, 0.2) is 6.61 Å².